The first-order chi connectivity index (χ1) is 10.0. The molecule has 1 fully saturated rings. The van der Waals surface area contributed by atoms with E-state index in [2.05, 4.69) is 24.1 Å². The van der Waals surface area contributed by atoms with Gasteiger partial charge >= 0.3 is 5.69 Å². The van der Waals surface area contributed by atoms with Crippen LogP contribution in [0.1, 0.15) is 26.7 Å². The Balaban J connectivity index is 2.03. The predicted molar refractivity (Wildman–Crippen MR) is 81.0 cm³/mol. The monoisotopic (exact) mass is 295 g/mol. The van der Waals surface area contributed by atoms with Gasteiger partial charge in [-0.2, -0.15) is 4.39 Å². The Morgan fingerprint density at radius 1 is 1.57 bits per heavy atom. The smallest absolute Gasteiger partial charge is 0.306 e. The zero-order valence-electron chi connectivity index (χ0n) is 12.5. The molecule has 5 nitrogen and oxygen atoms in total. The third-order valence-corrected chi connectivity index (χ3v) is 4.23. The summed E-state index contributed by atoms with van der Waals surface area (Å²) in [6.45, 7) is 7.46. The van der Waals surface area contributed by atoms with Gasteiger partial charge in [0.1, 0.15) is 0 Å². The minimum Gasteiger partial charge on any atom is -0.382 e. The number of hydrogen-bond acceptors (Lipinski definition) is 4. The molecule has 1 heterocycles. The molecule has 1 aliphatic rings. The van der Waals surface area contributed by atoms with Gasteiger partial charge in [0.25, 0.3) is 0 Å². The third kappa shape index (κ3) is 3.91. The second-order valence-electron chi connectivity index (χ2n) is 5.65. The van der Waals surface area contributed by atoms with E-state index in [1.807, 2.05) is 0 Å². The van der Waals surface area contributed by atoms with E-state index >= 15 is 0 Å². The van der Waals surface area contributed by atoms with Crippen molar-refractivity contribution in [2.75, 3.05) is 25.0 Å². The van der Waals surface area contributed by atoms with Crippen molar-refractivity contribution >= 4 is 11.4 Å². The highest BCUT2D eigenvalue weighted by Gasteiger charge is 2.24. The van der Waals surface area contributed by atoms with E-state index in [-0.39, 0.29) is 6.04 Å². The van der Waals surface area contributed by atoms with Gasteiger partial charge in [0, 0.05) is 24.3 Å². The zero-order chi connectivity index (χ0) is 15.4. The fourth-order valence-electron chi connectivity index (χ4n) is 2.91. The van der Waals surface area contributed by atoms with E-state index in [1.54, 1.807) is 6.07 Å². The Kier molecular flexibility index (Phi) is 5.12. The first-order valence-corrected chi connectivity index (χ1v) is 7.44. The standard InChI is InChI=1S/C15H22FN3O2/c1-3-18-8-4-5-12(10-18)11(2)17-13-6-7-14(16)15(9-13)19(20)21/h6-7,9,11-12,17H,3-5,8,10H2,1-2H3. The lowest BCUT2D eigenvalue weighted by Gasteiger charge is -2.35. The predicted octanol–water partition coefficient (Wildman–Crippen LogP) is 3.27. The Morgan fingerprint density at radius 2 is 2.33 bits per heavy atom. The maximum atomic E-state index is 13.3. The lowest BCUT2D eigenvalue weighted by atomic mass is 9.91. The van der Waals surface area contributed by atoms with Crippen LogP contribution in [0.5, 0.6) is 0 Å². The highest BCUT2D eigenvalue weighted by atomic mass is 19.1. The molecule has 1 aromatic rings. The van der Waals surface area contributed by atoms with Gasteiger partial charge in [0.15, 0.2) is 0 Å². The van der Waals surface area contributed by atoms with Gasteiger partial charge in [0.2, 0.25) is 5.82 Å². The number of likely N-dealkylation sites (tertiary alicyclic amines) is 1. The van der Waals surface area contributed by atoms with Crippen molar-refractivity contribution in [1.82, 2.24) is 4.90 Å². The lowest BCUT2D eigenvalue weighted by Crippen LogP contribution is -2.41. The zero-order valence-corrected chi connectivity index (χ0v) is 12.5. The largest absolute Gasteiger partial charge is 0.382 e. The van der Waals surface area contributed by atoms with Crippen LogP contribution in [-0.4, -0.2) is 35.5 Å². The summed E-state index contributed by atoms with van der Waals surface area (Å²) in [4.78, 5) is 12.5. The van der Waals surface area contributed by atoms with E-state index < -0.39 is 16.4 Å². The van der Waals surface area contributed by atoms with E-state index in [9.17, 15) is 14.5 Å². The van der Waals surface area contributed by atoms with Crippen molar-refractivity contribution in [2.24, 2.45) is 5.92 Å². The van der Waals surface area contributed by atoms with E-state index in [0.717, 1.165) is 32.1 Å². The molecule has 2 unspecified atom stereocenters. The van der Waals surface area contributed by atoms with Gasteiger partial charge in [-0.1, -0.05) is 6.92 Å². The summed E-state index contributed by atoms with van der Waals surface area (Å²) >= 11 is 0. The second-order valence-corrected chi connectivity index (χ2v) is 5.65. The number of nitrogens with one attached hydrogen (secondary N) is 1. The molecule has 0 aliphatic carbocycles. The Bertz CT molecular complexity index is 510. The normalized spacial score (nSPS) is 21.0. The fourth-order valence-corrected chi connectivity index (χ4v) is 2.91. The number of nitro benzene ring substituents is 1. The first-order valence-electron chi connectivity index (χ1n) is 7.44. The van der Waals surface area contributed by atoms with Crippen molar-refractivity contribution in [1.29, 1.82) is 0 Å². The lowest BCUT2D eigenvalue weighted by molar-refractivity contribution is -0.387. The third-order valence-electron chi connectivity index (χ3n) is 4.23. The molecule has 116 valence electrons. The van der Waals surface area contributed by atoms with Crippen molar-refractivity contribution in [2.45, 2.75) is 32.7 Å². The molecule has 0 bridgehead atoms. The van der Waals surface area contributed by atoms with Crippen LogP contribution in [0, 0.1) is 21.8 Å². The molecule has 6 heteroatoms. The molecular formula is C15H22FN3O2. The van der Waals surface area contributed by atoms with Crippen LogP contribution in [0.15, 0.2) is 18.2 Å². The quantitative estimate of drug-likeness (QED) is 0.669. The molecule has 1 aromatic carbocycles. The molecular weight excluding hydrogens is 273 g/mol. The van der Waals surface area contributed by atoms with Crippen LogP contribution in [0.2, 0.25) is 0 Å². The number of hydrogen-bond donors (Lipinski definition) is 1. The minimum atomic E-state index is -0.798. The van der Waals surface area contributed by atoms with Crippen LogP contribution in [0.3, 0.4) is 0 Å². The number of rotatable bonds is 5. The Morgan fingerprint density at radius 3 is 3.00 bits per heavy atom. The average Bonchev–Trinajstić information content (AvgIpc) is 2.49. The number of nitro groups is 1. The maximum Gasteiger partial charge on any atom is 0.306 e. The van der Waals surface area contributed by atoms with Gasteiger partial charge < -0.3 is 10.2 Å². The average molecular weight is 295 g/mol. The van der Waals surface area contributed by atoms with E-state index in [0.29, 0.717) is 11.6 Å². The summed E-state index contributed by atoms with van der Waals surface area (Å²) < 4.78 is 13.3. The van der Waals surface area contributed by atoms with Gasteiger partial charge in [0.05, 0.1) is 4.92 Å². The van der Waals surface area contributed by atoms with Gasteiger partial charge in [-0.15, -0.1) is 0 Å². The van der Waals surface area contributed by atoms with Crippen LogP contribution < -0.4 is 5.32 Å². The van der Waals surface area contributed by atoms with Crippen molar-refractivity contribution < 1.29 is 9.31 Å². The molecule has 0 radical (unpaired) electrons. The number of halogens is 1. The van der Waals surface area contributed by atoms with Crippen molar-refractivity contribution in [3.05, 3.63) is 34.1 Å². The number of nitrogens with zero attached hydrogens (tertiary/aromatic N) is 2. The number of anilines is 1. The molecule has 21 heavy (non-hydrogen) atoms. The van der Waals surface area contributed by atoms with Crippen LogP contribution >= 0.6 is 0 Å². The van der Waals surface area contributed by atoms with E-state index in [1.165, 1.54) is 12.5 Å². The summed E-state index contributed by atoms with van der Waals surface area (Å²) in [6, 6.07) is 4.17. The number of piperidine rings is 1. The topological polar surface area (TPSA) is 58.4 Å². The molecule has 0 aromatic heterocycles. The van der Waals surface area contributed by atoms with E-state index in [4.69, 9.17) is 0 Å². The molecule has 0 spiro atoms. The fraction of sp³-hybridized carbons (Fsp3) is 0.600. The van der Waals surface area contributed by atoms with Crippen molar-refractivity contribution in [3.63, 3.8) is 0 Å². The molecule has 1 N–H and O–H groups in total. The Hall–Kier alpha value is -1.69. The van der Waals surface area contributed by atoms with Crippen molar-refractivity contribution in [3.8, 4) is 0 Å². The summed E-state index contributed by atoms with van der Waals surface area (Å²) in [5.74, 6) is -0.296. The maximum absolute atomic E-state index is 13.3. The minimum absolute atomic E-state index is 0.199. The molecule has 2 atom stereocenters. The molecule has 1 saturated heterocycles. The number of benzene rings is 1. The molecule has 0 amide bonds. The highest BCUT2D eigenvalue weighted by molar-refractivity contribution is 5.52. The Labute approximate surface area is 124 Å². The summed E-state index contributed by atoms with van der Waals surface area (Å²) in [6.07, 6.45) is 2.32. The molecule has 0 saturated carbocycles. The van der Waals surface area contributed by atoms with Gasteiger partial charge in [-0.3, -0.25) is 10.1 Å². The first kappa shape index (κ1) is 15.7. The summed E-state index contributed by atoms with van der Waals surface area (Å²) in [7, 11) is 0. The van der Waals surface area contributed by atoms with Crippen LogP contribution in [0.25, 0.3) is 0 Å². The van der Waals surface area contributed by atoms with Crippen LogP contribution in [-0.2, 0) is 0 Å². The molecule has 1 aliphatic heterocycles. The van der Waals surface area contributed by atoms with Gasteiger partial charge in [-0.05, 0) is 50.9 Å². The summed E-state index contributed by atoms with van der Waals surface area (Å²) in [5.41, 5.74) is 0.121. The SMILES string of the molecule is CCN1CCCC(C(C)Nc2ccc(F)c([N+](=O)[O-])c2)C1. The van der Waals surface area contributed by atoms with Gasteiger partial charge in [-0.25, -0.2) is 0 Å². The second kappa shape index (κ2) is 6.85. The molecule has 2 rings (SSSR count). The summed E-state index contributed by atoms with van der Waals surface area (Å²) in [5, 5.41) is 14.1. The van der Waals surface area contributed by atoms with Crippen LogP contribution in [0.4, 0.5) is 15.8 Å². The highest BCUT2D eigenvalue weighted by Crippen LogP contribution is 2.25.